The molecule has 0 spiro atoms. The van der Waals surface area contributed by atoms with Gasteiger partial charge in [0.05, 0.1) is 0 Å². The summed E-state index contributed by atoms with van der Waals surface area (Å²) in [5.41, 5.74) is 5.51. The number of carbonyl (C=O) groups is 1. The predicted octanol–water partition coefficient (Wildman–Crippen LogP) is 6.80. The van der Waals surface area contributed by atoms with Gasteiger partial charge < -0.3 is 10.4 Å². The molecule has 1 saturated carbocycles. The first kappa shape index (κ1) is 20.8. The van der Waals surface area contributed by atoms with E-state index in [9.17, 15) is 9.90 Å². The van der Waals surface area contributed by atoms with Gasteiger partial charge in [0.15, 0.2) is 0 Å². The van der Waals surface area contributed by atoms with E-state index >= 15 is 0 Å². The normalized spacial score (nSPS) is 14.7. The highest BCUT2D eigenvalue weighted by Gasteiger charge is 2.26. The Morgan fingerprint density at radius 1 is 1.17 bits per heavy atom. The Morgan fingerprint density at radius 3 is 2.38 bits per heavy atom. The Labute approximate surface area is 173 Å². The molecule has 0 aliphatic heterocycles. The topological polar surface area (TPSA) is 62.2 Å². The highest BCUT2D eigenvalue weighted by Crippen LogP contribution is 2.40. The molecule has 3 rings (SSSR count). The first-order chi connectivity index (χ1) is 13.7. The van der Waals surface area contributed by atoms with E-state index in [4.69, 9.17) is 0 Å². The molecular formula is C25H30N2O2. The molecule has 2 aromatic rings. The van der Waals surface area contributed by atoms with Crippen LogP contribution in [0.15, 0.2) is 36.5 Å². The van der Waals surface area contributed by atoms with Crippen molar-refractivity contribution in [1.82, 2.24) is 4.98 Å². The van der Waals surface area contributed by atoms with Gasteiger partial charge in [-0.3, -0.25) is 0 Å². The van der Waals surface area contributed by atoms with Crippen molar-refractivity contribution in [2.45, 2.75) is 53.4 Å². The van der Waals surface area contributed by atoms with E-state index in [1.165, 1.54) is 5.56 Å². The zero-order valence-electron chi connectivity index (χ0n) is 17.9. The third kappa shape index (κ3) is 5.35. The lowest BCUT2D eigenvalue weighted by atomic mass is 9.93. The van der Waals surface area contributed by atoms with Crippen molar-refractivity contribution in [3.63, 3.8) is 0 Å². The molecule has 1 aromatic heterocycles. The first-order valence-electron chi connectivity index (χ1n) is 10.1. The molecule has 0 saturated heterocycles. The zero-order chi connectivity index (χ0) is 21.2. The number of carboxylic acids is 1. The summed E-state index contributed by atoms with van der Waals surface area (Å²) in [5.74, 6) is -0.122. The fourth-order valence-electron chi connectivity index (χ4n) is 3.22. The molecule has 0 atom stereocenters. The van der Waals surface area contributed by atoms with Crippen LogP contribution in [0.1, 0.15) is 79.1 Å². The van der Waals surface area contributed by atoms with E-state index in [1.54, 1.807) is 12.3 Å². The summed E-state index contributed by atoms with van der Waals surface area (Å²) in [7, 11) is 0. The van der Waals surface area contributed by atoms with E-state index in [1.807, 2.05) is 25.1 Å². The minimum absolute atomic E-state index is 0.0767. The lowest BCUT2D eigenvalue weighted by Crippen LogP contribution is -2.06. The monoisotopic (exact) mass is 390 g/mol. The fourth-order valence-corrected chi connectivity index (χ4v) is 3.22. The number of aromatic carboxylic acids is 1. The average Bonchev–Trinajstić information content (AvgIpc) is 3.48. The fraction of sp³-hybridized carbons (Fsp3) is 0.360. The van der Waals surface area contributed by atoms with Crippen LogP contribution in [0.4, 0.5) is 11.5 Å². The third-order valence-electron chi connectivity index (χ3n) is 5.05. The van der Waals surface area contributed by atoms with Crippen LogP contribution in [0, 0.1) is 12.3 Å². The number of aromatic nitrogens is 1. The quantitative estimate of drug-likeness (QED) is 0.569. The van der Waals surface area contributed by atoms with Crippen LogP contribution in [0.3, 0.4) is 0 Å². The maximum absolute atomic E-state index is 11.8. The van der Waals surface area contributed by atoms with Gasteiger partial charge in [0.25, 0.3) is 0 Å². The number of pyridine rings is 1. The van der Waals surface area contributed by atoms with Crippen molar-refractivity contribution in [1.29, 1.82) is 0 Å². The summed E-state index contributed by atoms with van der Waals surface area (Å²) >= 11 is 0. The number of anilines is 2. The van der Waals surface area contributed by atoms with Gasteiger partial charge in [0, 0.05) is 11.9 Å². The number of benzene rings is 1. The summed E-state index contributed by atoms with van der Waals surface area (Å²) < 4.78 is 0. The molecule has 0 amide bonds. The Bertz CT molecular complexity index is 977. The van der Waals surface area contributed by atoms with Crippen LogP contribution in [0.25, 0.3) is 12.2 Å². The molecule has 152 valence electrons. The van der Waals surface area contributed by atoms with Crippen LogP contribution >= 0.6 is 0 Å². The number of carboxylic acid groups (broad SMARTS) is 1. The summed E-state index contributed by atoms with van der Waals surface area (Å²) in [6.45, 7) is 10.6. The first-order valence-corrected chi connectivity index (χ1v) is 10.1. The number of nitrogens with zero attached hydrogens (tertiary/aromatic N) is 1. The number of rotatable bonds is 6. The van der Waals surface area contributed by atoms with E-state index in [0.717, 1.165) is 35.2 Å². The highest BCUT2D eigenvalue weighted by molar-refractivity contribution is 5.94. The molecule has 1 aromatic carbocycles. The maximum Gasteiger partial charge on any atom is 0.339 e. The summed E-state index contributed by atoms with van der Waals surface area (Å²) in [6, 6.07) is 5.84. The number of hydrogen-bond donors (Lipinski definition) is 2. The van der Waals surface area contributed by atoms with Gasteiger partial charge in [-0.15, -0.1) is 0 Å². The van der Waals surface area contributed by atoms with Crippen molar-refractivity contribution in [2.75, 3.05) is 5.32 Å². The maximum atomic E-state index is 11.8. The van der Waals surface area contributed by atoms with Crippen molar-refractivity contribution in [3.05, 3.63) is 64.4 Å². The highest BCUT2D eigenvalue weighted by atomic mass is 16.4. The smallest absolute Gasteiger partial charge is 0.339 e. The van der Waals surface area contributed by atoms with Crippen molar-refractivity contribution in [2.24, 2.45) is 5.41 Å². The van der Waals surface area contributed by atoms with Crippen LogP contribution in [-0.2, 0) is 0 Å². The lowest BCUT2D eigenvalue weighted by Gasteiger charge is -2.15. The molecule has 1 fully saturated rings. The molecule has 1 aliphatic carbocycles. The summed E-state index contributed by atoms with van der Waals surface area (Å²) in [6.07, 6.45) is 12.4. The van der Waals surface area contributed by atoms with Gasteiger partial charge in [0.2, 0.25) is 0 Å². The van der Waals surface area contributed by atoms with Crippen molar-refractivity contribution < 1.29 is 9.90 Å². The molecule has 2 N–H and O–H groups in total. The molecule has 29 heavy (non-hydrogen) atoms. The Kier molecular flexibility index (Phi) is 5.92. The summed E-state index contributed by atoms with van der Waals surface area (Å²) in [4.78, 5) is 16.2. The third-order valence-corrected chi connectivity index (χ3v) is 5.05. The van der Waals surface area contributed by atoms with Gasteiger partial charge in [-0.2, -0.15) is 0 Å². The number of allylic oxidation sites excluding steroid dienone is 2. The second-order valence-corrected chi connectivity index (χ2v) is 8.85. The van der Waals surface area contributed by atoms with Crippen LogP contribution in [-0.4, -0.2) is 16.1 Å². The second kappa shape index (κ2) is 8.24. The van der Waals surface area contributed by atoms with Gasteiger partial charge in [-0.05, 0) is 78.5 Å². The van der Waals surface area contributed by atoms with Gasteiger partial charge in [-0.25, -0.2) is 9.78 Å². The molecule has 1 aliphatic rings. The SMILES string of the molecule is C/C=C\c1cc(Nc2ncc(C3CC3)cc2C(=O)O)cc(/C=C/C(C)(C)C)c1C. The Hall–Kier alpha value is -2.88. The Morgan fingerprint density at radius 2 is 1.83 bits per heavy atom. The number of hydrogen-bond acceptors (Lipinski definition) is 3. The van der Waals surface area contributed by atoms with E-state index in [2.05, 4.69) is 56.2 Å². The zero-order valence-corrected chi connectivity index (χ0v) is 17.9. The lowest BCUT2D eigenvalue weighted by molar-refractivity contribution is 0.0697. The van der Waals surface area contributed by atoms with Gasteiger partial charge in [-0.1, -0.05) is 45.1 Å². The molecule has 4 heteroatoms. The van der Waals surface area contributed by atoms with Crippen LogP contribution < -0.4 is 5.32 Å². The minimum atomic E-state index is -0.962. The van der Waals surface area contributed by atoms with Gasteiger partial charge >= 0.3 is 5.97 Å². The van der Waals surface area contributed by atoms with Gasteiger partial charge in [0.1, 0.15) is 11.4 Å². The predicted molar refractivity (Wildman–Crippen MR) is 121 cm³/mol. The second-order valence-electron chi connectivity index (χ2n) is 8.85. The van der Waals surface area contributed by atoms with Crippen molar-refractivity contribution >= 4 is 29.6 Å². The van der Waals surface area contributed by atoms with Crippen LogP contribution in [0.5, 0.6) is 0 Å². The average molecular weight is 391 g/mol. The standard InChI is InChI=1S/C25H30N2O2/c1-6-7-18-12-21(13-19(16(18)2)10-11-25(3,4)5)27-23-22(24(28)29)14-20(15-26-23)17-8-9-17/h6-7,10-15,17H,8-9H2,1-5H3,(H,26,27)(H,28,29)/b7-6-,11-10+. The van der Waals surface area contributed by atoms with Crippen LogP contribution in [0.2, 0.25) is 0 Å². The number of nitrogens with one attached hydrogen (secondary N) is 1. The molecular weight excluding hydrogens is 360 g/mol. The largest absolute Gasteiger partial charge is 0.478 e. The Balaban J connectivity index is 2.01. The molecule has 4 nitrogen and oxygen atoms in total. The molecule has 0 unspecified atom stereocenters. The minimum Gasteiger partial charge on any atom is -0.478 e. The van der Waals surface area contributed by atoms with E-state index in [-0.39, 0.29) is 11.0 Å². The summed E-state index contributed by atoms with van der Waals surface area (Å²) in [5, 5.41) is 12.9. The molecule has 1 heterocycles. The van der Waals surface area contributed by atoms with Crippen molar-refractivity contribution in [3.8, 4) is 0 Å². The van der Waals surface area contributed by atoms with E-state index < -0.39 is 5.97 Å². The van der Waals surface area contributed by atoms with E-state index in [0.29, 0.717) is 11.7 Å². The molecule has 0 radical (unpaired) electrons. The molecule has 0 bridgehead atoms.